The summed E-state index contributed by atoms with van der Waals surface area (Å²) in [6.07, 6.45) is 2.79. The quantitative estimate of drug-likeness (QED) is 0.841. The van der Waals surface area contributed by atoms with E-state index in [2.05, 4.69) is 0 Å². The zero-order valence-corrected chi connectivity index (χ0v) is 12.2. The molecule has 1 aromatic rings. The maximum atomic E-state index is 12.9. The molecule has 0 aromatic heterocycles. The highest BCUT2D eigenvalue weighted by atomic mass is 32.2. The molecular weight excluding hydrogens is 276 g/mol. The van der Waals surface area contributed by atoms with E-state index in [-0.39, 0.29) is 5.92 Å². The van der Waals surface area contributed by atoms with Gasteiger partial charge in [-0.15, -0.1) is 0 Å². The molecule has 2 heterocycles. The van der Waals surface area contributed by atoms with Gasteiger partial charge in [-0.2, -0.15) is 0 Å². The van der Waals surface area contributed by atoms with Crippen molar-refractivity contribution < 1.29 is 17.9 Å². The molecule has 1 fully saturated rings. The number of rotatable bonds is 2. The first-order valence-electron chi connectivity index (χ1n) is 6.83. The smallest absolute Gasteiger partial charge is 0.203 e. The predicted octanol–water partition coefficient (Wildman–Crippen LogP) is 2.52. The van der Waals surface area contributed by atoms with E-state index in [1.807, 2.05) is 13.0 Å². The van der Waals surface area contributed by atoms with Crippen molar-refractivity contribution in [2.24, 2.45) is 5.92 Å². The van der Waals surface area contributed by atoms with Gasteiger partial charge in [0, 0.05) is 5.92 Å². The third kappa shape index (κ3) is 2.25. The topological polar surface area (TPSA) is 52.6 Å². The number of hydrogen-bond donors (Lipinski definition) is 0. The van der Waals surface area contributed by atoms with E-state index in [4.69, 9.17) is 9.47 Å². The molecule has 0 amide bonds. The summed E-state index contributed by atoms with van der Waals surface area (Å²) in [6.45, 7) is 2.45. The molecule has 3 atom stereocenters. The molecule has 0 N–H and O–H groups in total. The molecule has 4 nitrogen and oxygen atoms in total. The fourth-order valence-electron chi connectivity index (χ4n) is 3.02. The lowest BCUT2D eigenvalue weighted by atomic mass is 9.91. The van der Waals surface area contributed by atoms with Gasteiger partial charge in [0.25, 0.3) is 0 Å². The SMILES string of the molecule is CC1=CO[C@@H]2OCCC[C@@H]2C1S(=O)(=O)c1ccccc1. The molecule has 0 aliphatic carbocycles. The summed E-state index contributed by atoms with van der Waals surface area (Å²) >= 11 is 0. The van der Waals surface area contributed by atoms with Crippen molar-refractivity contribution in [1.82, 2.24) is 0 Å². The average Bonchev–Trinajstić information content (AvgIpc) is 2.47. The minimum atomic E-state index is -3.41. The Bertz CT molecular complexity index is 606. The molecule has 1 unspecified atom stereocenters. The highest BCUT2D eigenvalue weighted by molar-refractivity contribution is 7.92. The van der Waals surface area contributed by atoms with E-state index in [9.17, 15) is 8.42 Å². The van der Waals surface area contributed by atoms with Gasteiger partial charge in [-0.25, -0.2) is 8.42 Å². The predicted molar refractivity (Wildman–Crippen MR) is 74.7 cm³/mol. The summed E-state index contributed by atoms with van der Waals surface area (Å²) < 4.78 is 36.9. The van der Waals surface area contributed by atoms with Crippen molar-refractivity contribution in [3.63, 3.8) is 0 Å². The molecule has 20 heavy (non-hydrogen) atoms. The molecular formula is C15H18O4S. The molecule has 0 radical (unpaired) electrons. The van der Waals surface area contributed by atoms with Gasteiger partial charge in [-0.05, 0) is 37.5 Å². The monoisotopic (exact) mass is 294 g/mol. The second kappa shape index (κ2) is 5.22. The van der Waals surface area contributed by atoms with Crippen LogP contribution in [0.1, 0.15) is 19.8 Å². The van der Waals surface area contributed by atoms with Crippen LogP contribution in [0, 0.1) is 5.92 Å². The van der Waals surface area contributed by atoms with Crippen LogP contribution < -0.4 is 0 Å². The van der Waals surface area contributed by atoms with Crippen molar-refractivity contribution in [3.05, 3.63) is 42.2 Å². The van der Waals surface area contributed by atoms with E-state index in [0.717, 1.165) is 18.4 Å². The number of hydrogen-bond acceptors (Lipinski definition) is 4. The zero-order chi connectivity index (χ0) is 14.2. The van der Waals surface area contributed by atoms with Crippen LogP contribution >= 0.6 is 0 Å². The van der Waals surface area contributed by atoms with Crippen molar-refractivity contribution >= 4 is 9.84 Å². The maximum absolute atomic E-state index is 12.9. The Balaban J connectivity index is 2.02. The molecule has 2 aliphatic rings. The fraction of sp³-hybridized carbons (Fsp3) is 0.467. The summed E-state index contributed by atoms with van der Waals surface area (Å²) in [5.41, 5.74) is 0.751. The number of sulfone groups is 1. The number of fused-ring (bicyclic) bond motifs is 1. The van der Waals surface area contributed by atoms with Gasteiger partial charge in [0.05, 0.1) is 23.0 Å². The van der Waals surface area contributed by atoms with Crippen LogP contribution in [-0.2, 0) is 19.3 Å². The first-order chi connectivity index (χ1) is 9.60. The molecule has 1 saturated heterocycles. The first-order valence-corrected chi connectivity index (χ1v) is 8.38. The second-order valence-electron chi connectivity index (χ2n) is 5.32. The van der Waals surface area contributed by atoms with E-state index < -0.39 is 21.4 Å². The Morgan fingerprint density at radius 2 is 1.95 bits per heavy atom. The van der Waals surface area contributed by atoms with E-state index in [0.29, 0.717) is 11.5 Å². The van der Waals surface area contributed by atoms with Crippen LogP contribution in [-0.4, -0.2) is 26.6 Å². The van der Waals surface area contributed by atoms with Gasteiger partial charge in [-0.1, -0.05) is 18.2 Å². The van der Waals surface area contributed by atoms with Crippen molar-refractivity contribution in [2.75, 3.05) is 6.61 Å². The number of ether oxygens (including phenoxy) is 2. The zero-order valence-electron chi connectivity index (χ0n) is 11.4. The molecule has 1 aromatic carbocycles. The van der Waals surface area contributed by atoms with Gasteiger partial charge < -0.3 is 9.47 Å². The summed E-state index contributed by atoms with van der Waals surface area (Å²) in [5, 5.41) is -0.552. The van der Waals surface area contributed by atoms with Gasteiger partial charge in [-0.3, -0.25) is 0 Å². The Morgan fingerprint density at radius 3 is 2.70 bits per heavy atom. The Kier molecular flexibility index (Phi) is 3.56. The van der Waals surface area contributed by atoms with Gasteiger partial charge >= 0.3 is 0 Å². The maximum Gasteiger partial charge on any atom is 0.203 e. The lowest BCUT2D eigenvalue weighted by Gasteiger charge is -2.39. The lowest BCUT2D eigenvalue weighted by Crippen LogP contribution is -2.45. The highest BCUT2D eigenvalue weighted by Gasteiger charge is 2.45. The summed E-state index contributed by atoms with van der Waals surface area (Å²) in [4.78, 5) is 0.365. The minimum Gasteiger partial charge on any atom is -0.472 e. The Hall–Kier alpha value is -1.33. The standard InChI is InChI=1S/C15H18O4S/c1-11-10-19-15-13(8-5-9-18-15)14(11)20(16,17)12-6-3-2-4-7-12/h2-4,6-7,10,13-15H,5,8-9H2,1H3/t13-,14?,15+/m1/s1. The average molecular weight is 294 g/mol. The van der Waals surface area contributed by atoms with Crippen molar-refractivity contribution in [3.8, 4) is 0 Å². The molecule has 5 heteroatoms. The van der Waals surface area contributed by atoms with Gasteiger partial charge in [0.2, 0.25) is 6.29 Å². The van der Waals surface area contributed by atoms with E-state index in [1.54, 1.807) is 24.3 Å². The molecule has 2 aliphatic heterocycles. The summed E-state index contributed by atoms with van der Waals surface area (Å²) in [6, 6.07) is 8.62. The lowest BCUT2D eigenvalue weighted by molar-refractivity contribution is -0.169. The van der Waals surface area contributed by atoms with Crippen LogP contribution in [0.5, 0.6) is 0 Å². The van der Waals surface area contributed by atoms with E-state index in [1.165, 1.54) is 6.26 Å². The molecule has 0 saturated carbocycles. The fourth-order valence-corrected chi connectivity index (χ4v) is 5.12. The van der Waals surface area contributed by atoms with Crippen molar-refractivity contribution in [1.29, 1.82) is 0 Å². The normalized spacial score (nSPS) is 30.1. The Labute approximate surface area is 119 Å². The molecule has 108 valence electrons. The van der Waals surface area contributed by atoms with Crippen LogP contribution in [0.25, 0.3) is 0 Å². The molecule has 0 bridgehead atoms. The third-order valence-electron chi connectivity index (χ3n) is 3.95. The first kappa shape index (κ1) is 13.6. The third-order valence-corrected chi connectivity index (χ3v) is 6.26. The van der Waals surface area contributed by atoms with Crippen LogP contribution in [0.2, 0.25) is 0 Å². The Morgan fingerprint density at radius 1 is 1.20 bits per heavy atom. The van der Waals surface area contributed by atoms with Crippen LogP contribution in [0.3, 0.4) is 0 Å². The van der Waals surface area contributed by atoms with Gasteiger partial charge in [0.1, 0.15) is 0 Å². The summed E-state index contributed by atoms with van der Waals surface area (Å²) in [7, 11) is -3.41. The number of benzene rings is 1. The second-order valence-corrected chi connectivity index (χ2v) is 7.39. The van der Waals surface area contributed by atoms with Crippen LogP contribution in [0.15, 0.2) is 47.1 Å². The van der Waals surface area contributed by atoms with Gasteiger partial charge in [0.15, 0.2) is 9.84 Å². The summed E-state index contributed by atoms with van der Waals surface area (Å²) in [5.74, 6) is -0.126. The molecule has 3 rings (SSSR count). The largest absolute Gasteiger partial charge is 0.472 e. The minimum absolute atomic E-state index is 0.126. The van der Waals surface area contributed by atoms with Crippen molar-refractivity contribution in [2.45, 2.75) is 36.2 Å². The highest BCUT2D eigenvalue weighted by Crippen LogP contribution is 2.38. The van der Waals surface area contributed by atoms with Crippen LogP contribution in [0.4, 0.5) is 0 Å². The molecule has 0 spiro atoms. The van der Waals surface area contributed by atoms with E-state index >= 15 is 0 Å².